The van der Waals surface area contributed by atoms with Gasteiger partial charge in [-0.15, -0.1) is 5.10 Å². The van der Waals surface area contributed by atoms with E-state index in [2.05, 4.69) is 20.8 Å². The van der Waals surface area contributed by atoms with E-state index < -0.39 is 0 Å². The Morgan fingerprint density at radius 2 is 2.09 bits per heavy atom. The molecule has 0 saturated heterocycles. The maximum atomic E-state index is 11.9. The molecule has 8 heteroatoms. The van der Waals surface area contributed by atoms with Crippen LogP contribution in [0.3, 0.4) is 0 Å². The highest BCUT2D eigenvalue weighted by molar-refractivity contribution is 6.30. The predicted molar refractivity (Wildman–Crippen MR) is 84.7 cm³/mol. The van der Waals surface area contributed by atoms with Gasteiger partial charge in [-0.1, -0.05) is 23.7 Å². The van der Waals surface area contributed by atoms with E-state index in [1.165, 1.54) is 11.0 Å². The van der Waals surface area contributed by atoms with Crippen molar-refractivity contribution < 1.29 is 9.53 Å². The molecule has 116 valence electrons. The Bertz CT molecular complexity index is 807. The zero-order valence-electron chi connectivity index (χ0n) is 11.9. The van der Waals surface area contributed by atoms with Crippen molar-refractivity contribution in [1.29, 1.82) is 0 Å². The number of anilines is 1. The number of tetrazole rings is 1. The summed E-state index contributed by atoms with van der Waals surface area (Å²) in [5.74, 6) is 0.263. The van der Waals surface area contributed by atoms with Crippen LogP contribution in [-0.4, -0.2) is 32.7 Å². The van der Waals surface area contributed by atoms with E-state index in [1.54, 1.807) is 42.5 Å². The summed E-state index contributed by atoms with van der Waals surface area (Å²) in [5.41, 5.74) is 1.36. The van der Waals surface area contributed by atoms with Gasteiger partial charge >= 0.3 is 0 Å². The van der Waals surface area contributed by atoms with E-state index in [1.807, 2.05) is 6.07 Å². The van der Waals surface area contributed by atoms with E-state index in [0.717, 1.165) is 5.69 Å². The third-order valence-electron chi connectivity index (χ3n) is 2.91. The lowest BCUT2D eigenvalue weighted by atomic mass is 10.3. The average Bonchev–Trinajstić information content (AvgIpc) is 3.08. The van der Waals surface area contributed by atoms with Crippen LogP contribution in [0.1, 0.15) is 0 Å². The van der Waals surface area contributed by atoms with Gasteiger partial charge in [0.05, 0.1) is 5.69 Å². The lowest BCUT2D eigenvalue weighted by molar-refractivity contribution is -0.118. The summed E-state index contributed by atoms with van der Waals surface area (Å²) in [7, 11) is 0. The fourth-order valence-corrected chi connectivity index (χ4v) is 2.10. The maximum Gasteiger partial charge on any atom is 0.262 e. The van der Waals surface area contributed by atoms with Crippen molar-refractivity contribution in [3.05, 3.63) is 59.9 Å². The Morgan fingerprint density at radius 3 is 2.87 bits per heavy atom. The first-order chi connectivity index (χ1) is 11.2. The number of ether oxygens (including phenoxy) is 1. The topological polar surface area (TPSA) is 81.9 Å². The summed E-state index contributed by atoms with van der Waals surface area (Å²) in [5, 5.41) is 14.2. The molecule has 3 rings (SSSR count). The summed E-state index contributed by atoms with van der Waals surface area (Å²) >= 11 is 5.87. The SMILES string of the molecule is O=C(COc1cccc(-n2cnnn2)c1)Nc1cccc(Cl)c1. The molecular weight excluding hydrogens is 318 g/mol. The van der Waals surface area contributed by atoms with Crippen molar-refractivity contribution in [1.82, 2.24) is 20.2 Å². The van der Waals surface area contributed by atoms with Gasteiger partial charge in [0.2, 0.25) is 0 Å². The van der Waals surface area contributed by atoms with Gasteiger partial charge in [-0.05, 0) is 40.8 Å². The van der Waals surface area contributed by atoms with Crippen molar-refractivity contribution in [2.24, 2.45) is 0 Å². The van der Waals surface area contributed by atoms with E-state index in [0.29, 0.717) is 16.5 Å². The van der Waals surface area contributed by atoms with Crippen LogP contribution in [0.4, 0.5) is 5.69 Å². The molecule has 0 unspecified atom stereocenters. The zero-order valence-corrected chi connectivity index (χ0v) is 12.6. The minimum absolute atomic E-state index is 0.119. The molecule has 0 fully saturated rings. The molecule has 0 aliphatic rings. The number of amides is 1. The first-order valence-corrected chi connectivity index (χ1v) is 7.10. The fourth-order valence-electron chi connectivity index (χ4n) is 1.91. The molecule has 0 aliphatic heterocycles. The highest BCUT2D eigenvalue weighted by Gasteiger charge is 2.05. The van der Waals surface area contributed by atoms with Crippen LogP contribution in [0.5, 0.6) is 5.75 Å². The lowest BCUT2D eigenvalue weighted by Crippen LogP contribution is -2.20. The second kappa shape index (κ2) is 6.89. The number of aromatic nitrogens is 4. The Labute approximate surface area is 136 Å². The molecule has 0 bridgehead atoms. The van der Waals surface area contributed by atoms with Crippen LogP contribution in [0, 0.1) is 0 Å². The molecule has 0 atom stereocenters. The van der Waals surface area contributed by atoms with E-state index >= 15 is 0 Å². The highest BCUT2D eigenvalue weighted by atomic mass is 35.5. The lowest BCUT2D eigenvalue weighted by Gasteiger charge is -2.08. The number of carbonyl (C=O) groups excluding carboxylic acids is 1. The van der Waals surface area contributed by atoms with Gasteiger partial charge in [-0.25, -0.2) is 4.68 Å². The molecule has 1 N–H and O–H groups in total. The molecule has 0 radical (unpaired) electrons. The van der Waals surface area contributed by atoms with Crippen LogP contribution >= 0.6 is 11.6 Å². The van der Waals surface area contributed by atoms with Gasteiger partial charge in [0.1, 0.15) is 12.1 Å². The van der Waals surface area contributed by atoms with E-state index in [9.17, 15) is 4.79 Å². The molecule has 0 spiro atoms. The first kappa shape index (κ1) is 15.0. The monoisotopic (exact) mass is 329 g/mol. The van der Waals surface area contributed by atoms with Crippen molar-refractivity contribution in [2.45, 2.75) is 0 Å². The maximum absolute atomic E-state index is 11.9. The molecule has 1 aromatic heterocycles. The molecule has 23 heavy (non-hydrogen) atoms. The van der Waals surface area contributed by atoms with Gasteiger partial charge in [0, 0.05) is 16.8 Å². The van der Waals surface area contributed by atoms with Crippen LogP contribution in [0.15, 0.2) is 54.9 Å². The molecule has 7 nitrogen and oxygen atoms in total. The molecule has 0 saturated carbocycles. The molecule has 2 aromatic carbocycles. The highest BCUT2D eigenvalue weighted by Crippen LogP contribution is 2.17. The molecular formula is C15H12ClN5O2. The minimum atomic E-state index is -0.278. The van der Waals surface area contributed by atoms with Crippen LogP contribution in [0.25, 0.3) is 5.69 Å². The van der Waals surface area contributed by atoms with E-state index in [4.69, 9.17) is 16.3 Å². The molecule has 1 heterocycles. The number of nitrogens with one attached hydrogen (secondary N) is 1. The minimum Gasteiger partial charge on any atom is -0.484 e. The number of benzene rings is 2. The summed E-state index contributed by atoms with van der Waals surface area (Å²) in [6, 6.07) is 14.0. The van der Waals surface area contributed by atoms with E-state index in [-0.39, 0.29) is 12.5 Å². The Kier molecular flexibility index (Phi) is 4.49. The Morgan fingerprint density at radius 1 is 1.22 bits per heavy atom. The molecule has 3 aromatic rings. The van der Waals surface area contributed by atoms with Gasteiger partial charge < -0.3 is 10.1 Å². The van der Waals surface area contributed by atoms with Crippen LogP contribution in [-0.2, 0) is 4.79 Å². The first-order valence-electron chi connectivity index (χ1n) is 6.72. The number of carbonyl (C=O) groups is 1. The second-order valence-corrected chi connectivity index (χ2v) is 5.04. The fraction of sp³-hybridized carbons (Fsp3) is 0.0667. The Balaban J connectivity index is 1.60. The predicted octanol–water partition coefficient (Wildman–Crippen LogP) is 2.33. The van der Waals surface area contributed by atoms with Crippen molar-refractivity contribution in [2.75, 3.05) is 11.9 Å². The van der Waals surface area contributed by atoms with Crippen molar-refractivity contribution >= 4 is 23.2 Å². The summed E-state index contributed by atoms with van der Waals surface area (Å²) < 4.78 is 6.98. The van der Waals surface area contributed by atoms with Gasteiger partial charge in [0.15, 0.2) is 6.61 Å². The second-order valence-electron chi connectivity index (χ2n) is 4.60. The summed E-state index contributed by atoms with van der Waals surface area (Å²) in [6.07, 6.45) is 1.48. The summed E-state index contributed by atoms with van der Waals surface area (Å²) in [4.78, 5) is 11.9. The molecule has 0 aliphatic carbocycles. The Hall–Kier alpha value is -2.93. The number of halogens is 1. The van der Waals surface area contributed by atoms with Crippen LogP contribution in [0.2, 0.25) is 5.02 Å². The van der Waals surface area contributed by atoms with Gasteiger partial charge in [-0.3, -0.25) is 4.79 Å². The number of nitrogens with zero attached hydrogens (tertiary/aromatic N) is 4. The number of hydrogen-bond donors (Lipinski definition) is 1. The third kappa shape index (κ3) is 4.04. The molecule has 1 amide bonds. The van der Waals surface area contributed by atoms with Crippen LogP contribution < -0.4 is 10.1 Å². The largest absolute Gasteiger partial charge is 0.484 e. The van der Waals surface area contributed by atoms with Gasteiger partial charge in [0.25, 0.3) is 5.91 Å². The standard InChI is InChI=1S/C15H12ClN5O2/c16-11-3-1-4-12(7-11)18-15(22)9-23-14-6-2-5-13(8-14)21-10-17-19-20-21/h1-8,10H,9H2,(H,18,22). The third-order valence-corrected chi connectivity index (χ3v) is 3.14. The van der Waals surface area contributed by atoms with Gasteiger partial charge in [-0.2, -0.15) is 0 Å². The normalized spacial score (nSPS) is 10.3. The summed E-state index contributed by atoms with van der Waals surface area (Å²) in [6.45, 7) is -0.119. The van der Waals surface area contributed by atoms with Crippen molar-refractivity contribution in [3.63, 3.8) is 0 Å². The number of rotatable bonds is 5. The smallest absolute Gasteiger partial charge is 0.262 e. The quantitative estimate of drug-likeness (QED) is 0.777. The van der Waals surface area contributed by atoms with Crippen molar-refractivity contribution in [3.8, 4) is 11.4 Å². The average molecular weight is 330 g/mol. The number of hydrogen-bond acceptors (Lipinski definition) is 5. The zero-order chi connectivity index (χ0) is 16.1.